The van der Waals surface area contributed by atoms with Gasteiger partial charge in [-0.1, -0.05) is 0 Å². The van der Waals surface area contributed by atoms with Crippen LogP contribution in [0.3, 0.4) is 0 Å². The molecule has 0 aliphatic heterocycles. The van der Waals surface area contributed by atoms with Crippen LogP contribution in [-0.2, 0) is 6.54 Å². The molecule has 4 nitrogen and oxygen atoms in total. The summed E-state index contributed by atoms with van der Waals surface area (Å²) in [6, 6.07) is 5.08. The molecule has 0 spiro atoms. The Morgan fingerprint density at radius 2 is 1.83 bits per heavy atom. The van der Waals surface area contributed by atoms with Crippen LogP contribution in [0.1, 0.15) is 11.3 Å². The van der Waals surface area contributed by atoms with Crippen molar-refractivity contribution < 1.29 is 13.2 Å². The van der Waals surface area contributed by atoms with Gasteiger partial charge in [-0.2, -0.15) is 13.2 Å². The van der Waals surface area contributed by atoms with Crippen molar-refractivity contribution in [2.75, 3.05) is 5.32 Å². The lowest BCUT2D eigenvalue weighted by atomic mass is 10.2. The summed E-state index contributed by atoms with van der Waals surface area (Å²) in [6.07, 6.45) is 0.371. The minimum Gasteiger partial charge on any atom is -0.338 e. The average molecular weight is 320 g/mol. The largest absolute Gasteiger partial charge is 0.406 e. The Morgan fingerprint density at radius 1 is 1.09 bits per heavy atom. The van der Waals surface area contributed by atoms with Crippen LogP contribution in [0.4, 0.5) is 24.7 Å². The minimum absolute atomic E-state index is 0.485. The number of halogens is 3. The Hall–Kier alpha value is -2.57. The number of hydrogen-bond donors (Lipinski definition) is 1. The molecule has 0 amide bonds. The molecule has 0 aliphatic carbocycles. The van der Waals surface area contributed by atoms with E-state index in [9.17, 15) is 13.2 Å². The van der Waals surface area contributed by atoms with Crippen LogP contribution in [0, 0.1) is 13.8 Å². The third-order valence-electron chi connectivity index (χ3n) is 3.64. The van der Waals surface area contributed by atoms with Gasteiger partial charge in [-0.15, -0.1) is 0 Å². The van der Waals surface area contributed by atoms with E-state index in [1.807, 2.05) is 19.9 Å². The van der Waals surface area contributed by atoms with Gasteiger partial charge in [0.25, 0.3) is 0 Å². The maximum absolute atomic E-state index is 12.6. The van der Waals surface area contributed by atoms with Crippen molar-refractivity contribution in [2.24, 2.45) is 0 Å². The number of pyridine rings is 2. The van der Waals surface area contributed by atoms with Gasteiger partial charge < -0.3 is 9.88 Å². The Bertz CT molecular complexity index is 832. The molecule has 1 N–H and O–H groups in total. The number of anilines is 2. The van der Waals surface area contributed by atoms with Gasteiger partial charge in [0.05, 0.1) is 16.9 Å². The lowest BCUT2D eigenvalue weighted by Crippen LogP contribution is -2.16. The molecular formula is C16H15F3N4. The fourth-order valence-electron chi connectivity index (χ4n) is 2.55. The van der Waals surface area contributed by atoms with Gasteiger partial charge >= 0.3 is 6.18 Å². The van der Waals surface area contributed by atoms with Gasteiger partial charge in [-0.25, -0.2) is 4.98 Å². The summed E-state index contributed by atoms with van der Waals surface area (Å²) in [6.45, 7) is 2.78. The fourth-order valence-corrected chi connectivity index (χ4v) is 2.55. The molecule has 0 aromatic carbocycles. The van der Waals surface area contributed by atoms with E-state index in [1.54, 1.807) is 18.3 Å². The second-order valence-electron chi connectivity index (χ2n) is 5.36. The van der Waals surface area contributed by atoms with Crippen LogP contribution in [-0.4, -0.2) is 20.7 Å². The number of aryl methyl sites for hydroxylation is 2. The molecule has 0 atom stereocenters. The van der Waals surface area contributed by atoms with Crippen molar-refractivity contribution in [1.29, 1.82) is 0 Å². The lowest BCUT2D eigenvalue weighted by molar-refractivity contribution is -0.139. The van der Waals surface area contributed by atoms with Crippen LogP contribution in [0.25, 0.3) is 10.9 Å². The second-order valence-corrected chi connectivity index (χ2v) is 5.36. The highest BCUT2D eigenvalue weighted by molar-refractivity contribution is 5.92. The summed E-state index contributed by atoms with van der Waals surface area (Å²) in [5.41, 5.74) is 3.10. The summed E-state index contributed by atoms with van der Waals surface area (Å²) >= 11 is 0. The molecule has 23 heavy (non-hydrogen) atoms. The van der Waals surface area contributed by atoms with Gasteiger partial charge in [-0.3, -0.25) is 4.98 Å². The molecule has 0 saturated carbocycles. The average Bonchev–Trinajstić information content (AvgIpc) is 2.85. The van der Waals surface area contributed by atoms with E-state index in [2.05, 4.69) is 15.3 Å². The highest BCUT2D eigenvalue weighted by Gasteiger charge is 2.28. The van der Waals surface area contributed by atoms with Crippen molar-refractivity contribution in [3.05, 3.63) is 48.0 Å². The Balaban J connectivity index is 2.03. The molecular weight excluding hydrogens is 305 g/mol. The zero-order valence-corrected chi connectivity index (χ0v) is 12.6. The first-order valence-corrected chi connectivity index (χ1v) is 7.05. The highest BCUT2D eigenvalue weighted by Crippen LogP contribution is 2.29. The van der Waals surface area contributed by atoms with E-state index in [1.165, 1.54) is 17.0 Å². The van der Waals surface area contributed by atoms with Crippen molar-refractivity contribution in [1.82, 2.24) is 14.5 Å². The van der Waals surface area contributed by atoms with Crippen molar-refractivity contribution >= 4 is 22.4 Å². The predicted octanol–water partition coefficient (Wildman–Crippen LogP) is 4.35. The third kappa shape index (κ3) is 3.13. The van der Waals surface area contributed by atoms with Crippen LogP contribution >= 0.6 is 0 Å². The standard InChI is InChI=1S/C16H15F3N4/c1-10-3-6-20-11(2)14(10)22-15-12-5-8-23(9-16(17,18)19)13(12)4-7-21-15/h3-8H,9H2,1-2H3,(H,21,22). The van der Waals surface area contributed by atoms with Crippen molar-refractivity contribution in [2.45, 2.75) is 26.6 Å². The Labute approximate surface area is 131 Å². The van der Waals surface area contributed by atoms with Crippen molar-refractivity contribution in [3.63, 3.8) is 0 Å². The monoisotopic (exact) mass is 320 g/mol. The predicted molar refractivity (Wildman–Crippen MR) is 82.8 cm³/mol. The molecule has 0 fully saturated rings. The first-order chi connectivity index (χ1) is 10.8. The smallest absolute Gasteiger partial charge is 0.338 e. The maximum Gasteiger partial charge on any atom is 0.406 e. The van der Waals surface area contributed by atoms with E-state index < -0.39 is 12.7 Å². The van der Waals surface area contributed by atoms with Gasteiger partial charge in [0, 0.05) is 24.0 Å². The van der Waals surface area contributed by atoms with E-state index in [-0.39, 0.29) is 0 Å². The van der Waals surface area contributed by atoms with Gasteiger partial charge in [0.2, 0.25) is 0 Å². The normalized spacial score (nSPS) is 11.9. The number of nitrogens with zero attached hydrogens (tertiary/aromatic N) is 3. The number of hydrogen-bond acceptors (Lipinski definition) is 3. The molecule has 0 radical (unpaired) electrons. The lowest BCUT2D eigenvalue weighted by Gasteiger charge is -2.13. The first-order valence-electron chi connectivity index (χ1n) is 7.05. The Morgan fingerprint density at radius 3 is 2.52 bits per heavy atom. The van der Waals surface area contributed by atoms with Crippen LogP contribution in [0.15, 0.2) is 36.8 Å². The van der Waals surface area contributed by atoms with Crippen molar-refractivity contribution in [3.8, 4) is 0 Å². The molecule has 120 valence electrons. The maximum atomic E-state index is 12.6. The van der Waals surface area contributed by atoms with Gasteiger partial charge in [0.15, 0.2) is 0 Å². The van der Waals surface area contributed by atoms with Crippen LogP contribution < -0.4 is 5.32 Å². The number of fused-ring (bicyclic) bond motifs is 1. The van der Waals surface area contributed by atoms with E-state index in [0.717, 1.165) is 16.9 Å². The number of alkyl halides is 3. The molecule has 3 aromatic heterocycles. The molecule has 0 unspecified atom stereocenters. The molecule has 0 aliphatic rings. The highest BCUT2D eigenvalue weighted by atomic mass is 19.4. The fraction of sp³-hybridized carbons (Fsp3) is 0.250. The topological polar surface area (TPSA) is 42.7 Å². The van der Waals surface area contributed by atoms with Gasteiger partial charge in [-0.05, 0) is 37.6 Å². The first kappa shape index (κ1) is 15.3. The summed E-state index contributed by atoms with van der Waals surface area (Å²) < 4.78 is 39.1. The zero-order valence-electron chi connectivity index (χ0n) is 12.6. The second kappa shape index (κ2) is 5.57. The Kier molecular flexibility index (Phi) is 3.71. The summed E-state index contributed by atoms with van der Waals surface area (Å²) in [4.78, 5) is 8.49. The quantitative estimate of drug-likeness (QED) is 0.780. The summed E-state index contributed by atoms with van der Waals surface area (Å²) in [5, 5.41) is 3.83. The molecule has 7 heteroatoms. The number of nitrogens with one attached hydrogen (secondary N) is 1. The zero-order chi connectivity index (χ0) is 16.6. The summed E-state index contributed by atoms with van der Waals surface area (Å²) in [7, 11) is 0. The third-order valence-corrected chi connectivity index (χ3v) is 3.64. The van der Waals surface area contributed by atoms with Gasteiger partial charge in [0.1, 0.15) is 12.4 Å². The molecule has 0 bridgehead atoms. The SMILES string of the molecule is Cc1ccnc(C)c1Nc1nccc2c1ccn2CC(F)(F)F. The van der Waals surface area contributed by atoms with E-state index in [4.69, 9.17) is 0 Å². The molecule has 3 heterocycles. The number of rotatable bonds is 3. The minimum atomic E-state index is -4.26. The van der Waals surface area contributed by atoms with Crippen LogP contribution in [0.5, 0.6) is 0 Å². The molecule has 0 saturated heterocycles. The summed E-state index contributed by atoms with van der Waals surface area (Å²) in [5.74, 6) is 0.516. The molecule has 3 aromatic rings. The van der Waals surface area contributed by atoms with E-state index in [0.29, 0.717) is 16.7 Å². The van der Waals surface area contributed by atoms with E-state index >= 15 is 0 Å². The van der Waals surface area contributed by atoms with Crippen LogP contribution in [0.2, 0.25) is 0 Å². The molecule has 3 rings (SSSR count). The number of aromatic nitrogens is 3.